The van der Waals surface area contributed by atoms with Gasteiger partial charge in [0.2, 0.25) is 0 Å². The van der Waals surface area contributed by atoms with E-state index in [1.165, 1.54) is 21.7 Å². The third-order valence-electron chi connectivity index (χ3n) is 10.9. The van der Waals surface area contributed by atoms with Gasteiger partial charge in [0, 0.05) is 32.8 Å². The predicted octanol–water partition coefficient (Wildman–Crippen LogP) is 14.1. The second-order valence-corrected chi connectivity index (χ2v) is 14.3. The van der Waals surface area contributed by atoms with E-state index in [0.717, 1.165) is 77.3 Å². The zero-order valence-corrected chi connectivity index (χ0v) is 30.8. The van der Waals surface area contributed by atoms with Gasteiger partial charge in [-0.3, -0.25) is 0 Å². The van der Waals surface area contributed by atoms with E-state index in [4.69, 9.17) is 4.98 Å². The van der Waals surface area contributed by atoms with E-state index >= 15 is 0 Å². The van der Waals surface area contributed by atoms with E-state index in [1.807, 2.05) is 31.2 Å². The molecule has 0 spiro atoms. The minimum Gasteiger partial charge on any atom is -0.309 e. The van der Waals surface area contributed by atoms with Gasteiger partial charge in [-0.15, -0.1) is 0 Å². The van der Waals surface area contributed by atoms with Crippen molar-refractivity contribution < 1.29 is 0 Å². The molecule has 0 saturated carbocycles. The maximum atomic E-state index is 9.76. The first kappa shape index (κ1) is 33.1. The Morgan fingerprint density at radius 2 is 1.16 bits per heavy atom. The summed E-state index contributed by atoms with van der Waals surface area (Å²) in [4.78, 5) is 5.39. The van der Waals surface area contributed by atoms with Gasteiger partial charge in [0.15, 0.2) is 0 Å². The summed E-state index contributed by atoms with van der Waals surface area (Å²) in [6.45, 7) is 2.03. The number of fused-ring (bicyclic) bond motifs is 7. The molecule has 10 aromatic rings. The summed E-state index contributed by atoms with van der Waals surface area (Å²) < 4.78 is 2.28. The molecule has 3 nitrogen and oxygen atoms in total. The van der Waals surface area contributed by atoms with Gasteiger partial charge in [0.1, 0.15) is 0 Å². The zero-order chi connectivity index (χ0) is 37.6. The lowest BCUT2D eigenvalue weighted by Crippen LogP contribution is -1.93. The minimum absolute atomic E-state index is 0.653. The van der Waals surface area contributed by atoms with Gasteiger partial charge < -0.3 is 4.57 Å². The molecule has 0 amide bonds. The lowest BCUT2D eigenvalue weighted by molar-refractivity contribution is 1.18. The van der Waals surface area contributed by atoms with Crippen LogP contribution in [0.5, 0.6) is 0 Å². The number of rotatable bonds is 6. The fraction of sp³-hybridized carbons (Fsp3) is 0.0189. The van der Waals surface area contributed by atoms with Crippen molar-refractivity contribution in [3.05, 3.63) is 199 Å². The van der Waals surface area contributed by atoms with Crippen molar-refractivity contribution in [1.29, 1.82) is 5.26 Å². The Kier molecular flexibility index (Phi) is 8.09. The Morgan fingerprint density at radius 3 is 1.98 bits per heavy atom. The summed E-state index contributed by atoms with van der Waals surface area (Å²) in [6, 6.07) is 62.7. The van der Waals surface area contributed by atoms with Crippen LogP contribution in [0.4, 0.5) is 0 Å². The van der Waals surface area contributed by atoms with Gasteiger partial charge >= 0.3 is 0 Å². The standard InChI is InChI=1S/C53H35N3/c1-2-3-5-10-35-15-25-46-47(29-35)45-26-23-43(41-22-19-37-11-8-9-12-40(37)31-41)33-50(45)55-53(46)39-20-17-38(18-21-39)42-24-28-52-49(32-42)48-30-36(34-54)16-27-51(48)56(52)44-13-6-4-7-14-44/h2-33H,1H3/b3-2-,10-5-. The summed E-state index contributed by atoms with van der Waals surface area (Å²) in [6.07, 6.45) is 8.33. The summed E-state index contributed by atoms with van der Waals surface area (Å²) >= 11 is 0. The molecule has 3 heteroatoms. The molecule has 0 saturated heterocycles. The number of allylic oxidation sites excluding steroid dienone is 3. The first-order valence-electron chi connectivity index (χ1n) is 19.0. The van der Waals surface area contributed by atoms with E-state index in [2.05, 4.69) is 181 Å². The van der Waals surface area contributed by atoms with Crippen LogP contribution in [0.2, 0.25) is 0 Å². The number of pyridine rings is 1. The number of para-hydroxylation sites is 1. The molecule has 0 fully saturated rings. The third kappa shape index (κ3) is 5.73. The maximum Gasteiger partial charge on any atom is 0.0991 e. The first-order valence-corrected chi connectivity index (χ1v) is 19.0. The minimum atomic E-state index is 0.653. The number of aromatic nitrogens is 2. The van der Waals surface area contributed by atoms with Crippen LogP contribution in [-0.4, -0.2) is 9.55 Å². The molecular weight excluding hydrogens is 679 g/mol. The van der Waals surface area contributed by atoms with Crippen molar-refractivity contribution in [1.82, 2.24) is 9.55 Å². The number of hydrogen-bond acceptors (Lipinski definition) is 2. The Hall–Kier alpha value is -7.54. The SMILES string of the molecule is C/C=C\C=C/c1ccc2c(-c3ccc(-c4ccc5c(c4)c4cc(C#N)ccc4n5-c4ccccc4)cc3)nc3cc(-c4ccc5ccccc5c4)ccc3c2c1. The van der Waals surface area contributed by atoms with E-state index in [0.29, 0.717) is 5.56 Å². The van der Waals surface area contributed by atoms with Crippen molar-refractivity contribution in [2.75, 3.05) is 0 Å². The molecular formula is C53H35N3. The van der Waals surface area contributed by atoms with Crippen LogP contribution in [0.15, 0.2) is 188 Å². The summed E-state index contributed by atoms with van der Waals surface area (Å²) in [7, 11) is 0. The maximum absolute atomic E-state index is 9.76. The fourth-order valence-electron chi connectivity index (χ4n) is 8.12. The molecule has 0 aliphatic carbocycles. The predicted molar refractivity (Wildman–Crippen MR) is 236 cm³/mol. The van der Waals surface area contributed by atoms with Crippen molar-refractivity contribution >= 4 is 60.3 Å². The largest absolute Gasteiger partial charge is 0.309 e. The van der Waals surface area contributed by atoms with Crippen LogP contribution < -0.4 is 0 Å². The second kappa shape index (κ2) is 13.7. The van der Waals surface area contributed by atoms with E-state index in [-0.39, 0.29) is 0 Å². The van der Waals surface area contributed by atoms with E-state index in [1.54, 1.807) is 0 Å². The van der Waals surface area contributed by atoms with E-state index in [9.17, 15) is 5.26 Å². The molecule has 10 rings (SSSR count). The van der Waals surface area contributed by atoms with Crippen LogP contribution in [-0.2, 0) is 0 Å². The van der Waals surface area contributed by atoms with Gasteiger partial charge in [-0.1, -0.05) is 133 Å². The molecule has 0 aliphatic heterocycles. The van der Waals surface area contributed by atoms with Crippen LogP contribution in [0.25, 0.3) is 99.5 Å². The molecule has 0 atom stereocenters. The van der Waals surface area contributed by atoms with Crippen LogP contribution in [0.3, 0.4) is 0 Å². The summed E-state index contributed by atoms with van der Waals surface area (Å²) in [5, 5.41) is 17.8. The lowest BCUT2D eigenvalue weighted by Gasteiger charge is -2.13. The second-order valence-electron chi connectivity index (χ2n) is 14.3. The highest BCUT2D eigenvalue weighted by Crippen LogP contribution is 2.38. The monoisotopic (exact) mass is 713 g/mol. The molecule has 0 N–H and O–H groups in total. The molecule has 0 aliphatic rings. The van der Waals surface area contributed by atoms with Crippen LogP contribution in [0.1, 0.15) is 18.1 Å². The average Bonchev–Trinajstić information content (AvgIpc) is 3.59. The summed E-state index contributed by atoms with van der Waals surface area (Å²) in [5.74, 6) is 0. The molecule has 0 radical (unpaired) electrons. The highest BCUT2D eigenvalue weighted by Gasteiger charge is 2.16. The molecule has 8 aromatic carbocycles. The Balaban J connectivity index is 1.10. The highest BCUT2D eigenvalue weighted by atomic mass is 15.0. The van der Waals surface area contributed by atoms with E-state index < -0.39 is 0 Å². The van der Waals surface area contributed by atoms with Crippen molar-refractivity contribution in [3.63, 3.8) is 0 Å². The fourth-order valence-corrected chi connectivity index (χ4v) is 8.12. The Morgan fingerprint density at radius 1 is 0.500 bits per heavy atom. The topological polar surface area (TPSA) is 41.6 Å². The van der Waals surface area contributed by atoms with Crippen LogP contribution >= 0.6 is 0 Å². The number of benzene rings is 8. The van der Waals surface area contributed by atoms with Crippen molar-refractivity contribution in [2.45, 2.75) is 6.92 Å². The number of hydrogen-bond donors (Lipinski definition) is 0. The number of nitriles is 1. The van der Waals surface area contributed by atoms with Crippen molar-refractivity contribution in [3.8, 4) is 45.3 Å². The first-order chi connectivity index (χ1) is 27.6. The molecule has 262 valence electrons. The van der Waals surface area contributed by atoms with Gasteiger partial charge in [0.05, 0.1) is 33.9 Å². The Bertz CT molecular complexity index is 3250. The molecule has 2 aromatic heterocycles. The van der Waals surface area contributed by atoms with Gasteiger partial charge in [0.25, 0.3) is 0 Å². The van der Waals surface area contributed by atoms with Crippen LogP contribution in [0, 0.1) is 11.3 Å². The van der Waals surface area contributed by atoms with Gasteiger partial charge in [-0.25, -0.2) is 4.98 Å². The highest BCUT2D eigenvalue weighted by molar-refractivity contribution is 6.13. The zero-order valence-electron chi connectivity index (χ0n) is 30.8. The summed E-state index contributed by atoms with van der Waals surface area (Å²) in [5.41, 5.74) is 12.6. The Labute approximate surface area is 325 Å². The third-order valence-corrected chi connectivity index (χ3v) is 10.9. The van der Waals surface area contributed by atoms with Crippen molar-refractivity contribution in [2.24, 2.45) is 0 Å². The smallest absolute Gasteiger partial charge is 0.0991 e. The number of nitrogens with zero attached hydrogens (tertiary/aromatic N) is 3. The molecule has 56 heavy (non-hydrogen) atoms. The average molecular weight is 714 g/mol. The normalized spacial score (nSPS) is 11.9. The molecule has 0 bridgehead atoms. The molecule has 2 heterocycles. The van der Waals surface area contributed by atoms with Gasteiger partial charge in [-0.05, 0) is 112 Å². The molecule has 0 unspecified atom stereocenters. The quantitative estimate of drug-likeness (QED) is 0.127. The lowest BCUT2D eigenvalue weighted by atomic mass is 9.94. The van der Waals surface area contributed by atoms with Gasteiger partial charge in [-0.2, -0.15) is 5.26 Å².